The van der Waals surface area contributed by atoms with Gasteiger partial charge >= 0.3 is 0 Å². The van der Waals surface area contributed by atoms with Crippen LogP contribution in [0.3, 0.4) is 0 Å². The zero-order chi connectivity index (χ0) is 13.1. The molecule has 1 amide bonds. The molecule has 1 fully saturated rings. The summed E-state index contributed by atoms with van der Waals surface area (Å²) < 4.78 is 0. The van der Waals surface area contributed by atoms with Crippen molar-refractivity contribution in [2.75, 3.05) is 37.4 Å². The zero-order valence-electron chi connectivity index (χ0n) is 10.7. The average Bonchev–Trinajstić information content (AvgIpc) is 2.23. The number of nitrogens with one attached hydrogen (secondary N) is 2. The maximum Gasteiger partial charge on any atom is 0.224 e. The summed E-state index contributed by atoms with van der Waals surface area (Å²) in [5, 5.41) is 6.67. The van der Waals surface area contributed by atoms with Crippen molar-refractivity contribution in [3.8, 4) is 0 Å². The van der Waals surface area contributed by atoms with E-state index in [9.17, 15) is 4.79 Å². The molecule has 5 heteroatoms. The van der Waals surface area contributed by atoms with E-state index < -0.39 is 0 Å². The molecule has 0 radical (unpaired) electrons. The van der Waals surface area contributed by atoms with Crippen LogP contribution in [0.25, 0.3) is 0 Å². The van der Waals surface area contributed by atoms with Crippen molar-refractivity contribution in [2.24, 2.45) is 5.92 Å². The molecule has 4 nitrogen and oxygen atoms in total. The number of hydrogen-bond donors (Lipinski definition) is 2. The van der Waals surface area contributed by atoms with E-state index in [0.29, 0.717) is 17.4 Å². The molecule has 1 aromatic rings. The number of carbonyl (C=O) groups is 1. The molecule has 2 N–H and O–H groups in total. The van der Waals surface area contributed by atoms with E-state index in [-0.39, 0.29) is 5.91 Å². The van der Waals surface area contributed by atoms with Crippen molar-refractivity contribution in [3.05, 3.63) is 23.2 Å². The van der Waals surface area contributed by atoms with Gasteiger partial charge in [0, 0.05) is 26.2 Å². The number of anilines is 2. The van der Waals surface area contributed by atoms with Crippen LogP contribution in [0.15, 0.2) is 18.2 Å². The molecule has 0 saturated carbocycles. The number of hydrogen-bond acceptors (Lipinski definition) is 3. The first-order valence-corrected chi connectivity index (χ1v) is 6.41. The highest BCUT2D eigenvalue weighted by Crippen LogP contribution is 2.27. The molecule has 0 atom stereocenters. The molecule has 1 heterocycles. The third kappa shape index (κ3) is 3.15. The van der Waals surface area contributed by atoms with E-state index in [1.54, 1.807) is 6.07 Å². The highest BCUT2D eigenvalue weighted by atomic mass is 35.5. The van der Waals surface area contributed by atoms with Crippen LogP contribution in [0.1, 0.15) is 6.42 Å². The summed E-state index contributed by atoms with van der Waals surface area (Å²) in [6.07, 6.45) is 0.569. The van der Waals surface area contributed by atoms with Crippen molar-refractivity contribution in [1.82, 2.24) is 5.32 Å². The lowest BCUT2D eigenvalue weighted by atomic mass is 9.99. The summed E-state index contributed by atoms with van der Waals surface area (Å²) in [4.78, 5) is 13.7. The Morgan fingerprint density at radius 2 is 2.22 bits per heavy atom. The number of carbonyl (C=O) groups excluding carboxylic acids is 1. The van der Waals surface area contributed by atoms with E-state index in [4.69, 9.17) is 11.6 Å². The van der Waals surface area contributed by atoms with E-state index in [2.05, 4.69) is 10.6 Å². The molecular formula is C13H18ClN3O. The molecule has 1 saturated heterocycles. The molecule has 0 unspecified atom stereocenters. The molecule has 0 aliphatic carbocycles. The summed E-state index contributed by atoms with van der Waals surface area (Å²) in [5.74, 6) is 0.525. The third-order valence-electron chi connectivity index (χ3n) is 3.05. The van der Waals surface area contributed by atoms with Crippen molar-refractivity contribution < 1.29 is 4.79 Å². The summed E-state index contributed by atoms with van der Waals surface area (Å²) in [5.41, 5.74) is 1.70. The largest absolute Gasteiger partial charge is 0.376 e. The molecule has 18 heavy (non-hydrogen) atoms. The highest BCUT2D eigenvalue weighted by molar-refractivity contribution is 6.33. The molecule has 0 aromatic heterocycles. The van der Waals surface area contributed by atoms with Gasteiger partial charge in [-0.2, -0.15) is 0 Å². The highest BCUT2D eigenvalue weighted by Gasteiger charge is 2.20. The molecule has 2 rings (SSSR count). The van der Waals surface area contributed by atoms with Gasteiger partial charge < -0.3 is 15.5 Å². The Bertz CT molecular complexity index is 444. The van der Waals surface area contributed by atoms with Crippen LogP contribution in [0.5, 0.6) is 0 Å². The van der Waals surface area contributed by atoms with Crippen molar-refractivity contribution in [2.45, 2.75) is 6.42 Å². The van der Waals surface area contributed by atoms with E-state index in [0.717, 1.165) is 24.5 Å². The van der Waals surface area contributed by atoms with Gasteiger partial charge in [-0.05, 0) is 37.2 Å². The summed E-state index contributed by atoms with van der Waals surface area (Å²) in [6, 6.07) is 5.56. The number of rotatable bonds is 4. The quantitative estimate of drug-likeness (QED) is 0.877. The zero-order valence-corrected chi connectivity index (χ0v) is 11.4. The van der Waals surface area contributed by atoms with Crippen LogP contribution < -0.4 is 15.5 Å². The Balaban J connectivity index is 1.96. The second-order valence-electron chi connectivity index (χ2n) is 4.84. The van der Waals surface area contributed by atoms with Gasteiger partial charge in [-0.25, -0.2) is 0 Å². The predicted molar refractivity (Wildman–Crippen MR) is 75.4 cm³/mol. The lowest BCUT2D eigenvalue weighted by Gasteiger charge is -2.26. The van der Waals surface area contributed by atoms with Gasteiger partial charge in [0.05, 0.1) is 10.7 Å². The molecule has 98 valence electrons. The fourth-order valence-corrected chi connectivity index (χ4v) is 2.26. The summed E-state index contributed by atoms with van der Waals surface area (Å²) >= 11 is 6.15. The van der Waals surface area contributed by atoms with Crippen LogP contribution in [-0.4, -0.2) is 33.1 Å². The monoisotopic (exact) mass is 267 g/mol. The molecule has 1 aliphatic rings. The van der Waals surface area contributed by atoms with Crippen LogP contribution in [0, 0.1) is 5.92 Å². The lowest BCUT2D eigenvalue weighted by molar-refractivity contribution is -0.117. The first-order chi connectivity index (χ1) is 8.56. The van der Waals surface area contributed by atoms with Crippen LogP contribution in [-0.2, 0) is 4.79 Å². The number of halogens is 1. The van der Waals surface area contributed by atoms with Gasteiger partial charge in [0.2, 0.25) is 5.91 Å². The number of nitrogens with zero attached hydrogens (tertiary/aromatic N) is 1. The standard InChI is InChI=1S/C13H18ClN3O/c1-17(2)12-4-3-10(6-11(12)14)16-13(18)5-9-7-15-8-9/h3-4,6,9,15H,5,7-8H2,1-2H3,(H,16,18). The third-order valence-corrected chi connectivity index (χ3v) is 3.36. The van der Waals surface area contributed by atoms with Crippen molar-refractivity contribution in [1.29, 1.82) is 0 Å². The first kappa shape index (κ1) is 13.2. The number of benzene rings is 1. The van der Waals surface area contributed by atoms with Crippen LogP contribution in [0.2, 0.25) is 5.02 Å². The molecule has 1 aliphatic heterocycles. The second-order valence-corrected chi connectivity index (χ2v) is 5.24. The Kier molecular flexibility index (Phi) is 4.09. The van der Waals surface area contributed by atoms with Gasteiger partial charge in [0.15, 0.2) is 0 Å². The van der Waals surface area contributed by atoms with Crippen LogP contribution >= 0.6 is 11.6 Å². The smallest absolute Gasteiger partial charge is 0.224 e. The van der Waals surface area contributed by atoms with Gasteiger partial charge in [0.25, 0.3) is 0 Å². The second kappa shape index (κ2) is 5.59. The lowest BCUT2D eigenvalue weighted by Crippen LogP contribution is -2.43. The maximum absolute atomic E-state index is 11.8. The van der Waals surface area contributed by atoms with E-state index in [1.165, 1.54) is 0 Å². The fourth-order valence-electron chi connectivity index (χ4n) is 1.91. The Hall–Kier alpha value is -1.26. The number of amides is 1. The minimum Gasteiger partial charge on any atom is -0.376 e. The summed E-state index contributed by atoms with van der Waals surface area (Å²) in [6.45, 7) is 1.88. The SMILES string of the molecule is CN(C)c1ccc(NC(=O)CC2CNC2)cc1Cl. The van der Waals surface area contributed by atoms with Crippen molar-refractivity contribution >= 4 is 28.9 Å². The van der Waals surface area contributed by atoms with Gasteiger partial charge in [-0.3, -0.25) is 4.79 Å². The molecular weight excluding hydrogens is 250 g/mol. The Morgan fingerprint density at radius 3 is 2.72 bits per heavy atom. The molecule has 0 bridgehead atoms. The first-order valence-electron chi connectivity index (χ1n) is 6.03. The van der Waals surface area contributed by atoms with E-state index in [1.807, 2.05) is 31.1 Å². The Morgan fingerprint density at radius 1 is 1.50 bits per heavy atom. The average molecular weight is 268 g/mol. The minimum atomic E-state index is 0.0511. The summed E-state index contributed by atoms with van der Waals surface area (Å²) in [7, 11) is 3.87. The maximum atomic E-state index is 11.8. The predicted octanol–water partition coefficient (Wildman–Crippen LogP) is 1.95. The van der Waals surface area contributed by atoms with Crippen molar-refractivity contribution in [3.63, 3.8) is 0 Å². The topological polar surface area (TPSA) is 44.4 Å². The van der Waals surface area contributed by atoms with Gasteiger partial charge in [-0.1, -0.05) is 11.6 Å². The Labute approximate surface area is 112 Å². The normalized spacial score (nSPS) is 15.1. The minimum absolute atomic E-state index is 0.0511. The molecule has 0 spiro atoms. The van der Waals surface area contributed by atoms with E-state index >= 15 is 0 Å². The van der Waals surface area contributed by atoms with Crippen LogP contribution in [0.4, 0.5) is 11.4 Å². The fraction of sp³-hybridized carbons (Fsp3) is 0.462. The van der Waals surface area contributed by atoms with Gasteiger partial charge in [-0.15, -0.1) is 0 Å². The molecule has 1 aromatic carbocycles. The van der Waals surface area contributed by atoms with Gasteiger partial charge in [0.1, 0.15) is 0 Å².